The zero-order valence-corrected chi connectivity index (χ0v) is 12.2. The molecular formula is C13H15ClN4O2. The van der Waals surface area contributed by atoms with E-state index in [2.05, 4.69) is 10.5 Å². The standard InChI is InChI=1S/C13H15ClN4O2/c1-4-17-7-10(14)12(15-17)13(20)16-18-9(3)5-8(2)6-11(18)19/h5-7H,4H2,1-3H3,(H,16,20). The Labute approximate surface area is 120 Å². The Bertz CT molecular complexity index is 718. The molecule has 0 aliphatic carbocycles. The van der Waals surface area contributed by atoms with Crippen LogP contribution < -0.4 is 11.0 Å². The van der Waals surface area contributed by atoms with E-state index in [9.17, 15) is 9.59 Å². The molecule has 0 aromatic carbocycles. The largest absolute Gasteiger partial charge is 0.292 e. The van der Waals surface area contributed by atoms with Crippen LogP contribution in [0.1, 0.15) is 28.7 Å². The van der Waals surface area contributed by atoms with Gasteiger partial charge in [0.15, 0.2) is 5.69 Å². The number of nitrogens with one attached hydrogen (secondary N) is 1. The van der Waals surface area contributed by atoms with Gasteiger partial charge in [0.05, 0.1) is 5.02 Å². The van der Waals surface area contributed by atoms with E-state index < -0.39 is 5.91 Å². The lowest BCUT2D eigenvalue weighted by Crippen LogP contribution is -2.34. The lowest BCUT2D eigenvalue weighted by Gasteiger charge is -2.11. The predicted molar refractivity (Wildman–Crippen MR) is 76.8 cm³/mol. The maximum absolute atomic E-state index is 12.1. The van der Waals surface area contributed by atoms with Crippen LogP contribution in [0.25, 0.3) is 0 Å². The molecule has 7 heteroatoms. The first kappa shape index (κ1) is 14.3. The number of aryl methyl sites for hydroxylation is 3. The third-order valence-corrected chi connectivity index (χ3v) is 3.11. The Morgan fingerprint density at radius 3 is 2.65 bits per heavy atom. The number of hydrogen-bond donors (Lipinski definition) is 1. The van der Waals surface area contributed by atoms with E-state index in [1.54, 1.807) is 23.9 Å². The molecule has 0 aliphatic heterocycles. The number of carbonyl (C=O) groups excluding carboxylic acids is 1. The van der Waals surface area contributed by atoms with Gasteiger partial charge < -0.3 is 0 Å². The third-order valence-electron chi connectivity index (χ3n) is 2.83. The molecule has 2 aromatic rings. The molecule has 2 rings (SSSR count). The summed E-state index contributed by atoms with van der Waals surface area (Å²) in [6.45, 7) is 6.05. The fourth-order valence-electron chi connectivity index (χ4n) is 1.88. The molecule has 0 spiro atoms. The van der Waals surface area contributed by atoms with Crippen LogP contribution >= 0.6 is 11.6 Å². The first-order valence-electron chi connectivity index (χ1n) is 6.17. The zero-order chi connectivity index (χ0) is 14.9. The Kier molecular flexibility index (Phi) is 3.94. The number of nitrogens with zero attached hydrogens (tertiary/aromatic N) is 3. The highest BCUT2D eigenvalue weighted by Crippen LogP contribution is 2.14. The van der Waals surface area contributed by atoms with Crippen molar-refractivity contribution in [2.75, 3.05) is 5.43 Å². The van der Waals surface area contributed by atoms with Crippen molar-refractivity contribution < 1.29 is 4.79 Å². The van der Waals surface area contributed by atoms with Gasteiger partial charge in [-0.3, -0.25) is 19.7 Å². The maximum Gasteiger partial charge on any atom is 0.292 e. The van der Waals surface area contributed by atoms with Crippen molar-refractivity contribution in [3.05, 3.63) is 50.7 Å². The Balaban J connectivity index is 2.32. The van der Waals surface area contributed by atoms with Crippen molar-refractivity contribution in [2.24, 2.45) is 0 Å². The van der Waals surface area contributed by atoms with Gasteiger partial charge in [-0.25, -0.2) is 4.68 Å². The summed E-state index contributed by atoms with van der Waals surface area (Å²) >= 11 is 5.96. The first-order chi connectivity index (χ1) is 9.42. The predicted octanol–water partition coefficient (Wildman–Crippen LogP) is 1.72. The molecule has 0 unspecified atom stereocenters. The summed E-state index contributed by atoms with van der Waals surface area (Å²) in [5.41, 5.74) is 3.77. The SMILES string of the molecule is CCn1cc(Cl)c(C(=O)Nn2c(C)cc(C)cc2=O)n1. The van der Waals surface area contributed by atoms with Gasteiger partial charge in [0.2, 0.25) is 0 Å². The fraction of sp³-hybridized carbons (Fsp3) is 0.308. The molecule has 20 heavy (non-hydrogen) atoms. The van der Waals surface area contributed by atoms with Crippen molar-refractivity contribution in [1.82, 2.24) is 14.5 Å². The second-order valence-electron chi connectivity index (χ2n) is 4.47. The van der Waals surface area contributed by atoms with Crippen LogP contribution in [0.4, 0.5) is 0 Å². The van der Waals surface area contributed by atoms with Gasteiger partial charge in [-0.1, -0.05) is 11.6 Å². The third kappa shape index (κ3) is 2.75. The number of amides is 1. The maximum atomic E-state index is 12.1. The number of rotatable bonds is 3. The van der Waals surface area contributed by atoms with E-state index in [1.807, 2.05) is 13.8 Å². The van der Waals surface area contributed by atoms with E-state index in [1.165, 1.54) is 10.7 Å². The van der Waals surface area contributed by atoms with Crippen LogP contribution in [0.5, 0.6) is 0 Å². The quantitative estimate of drug-likeness (QED) is 0.937. The van der Waals surface area contributed by atoms with E-state index in [4.69, 9.17) is 11.6 Å². The average molecular weight is 295 g/mol. The number of carbonyl (C=O) groups is 1. The van der Waals surface area contributed by atoms with Crippen molar-refractivity contribution in [3.8, 4) is 0 Å². The monoisotopic (exact) mass is 294 g/mol. The topological polar surface area (TPSA) is 68.9 Å². The van der Waals surface area contributed by atoms with Crippen LogP contribution in [0.3, 0.4) is 0 Å². The lowest BCUT2D eigenvalue weighted by atomic mass is 10.2. The van der Waals surface area contributed by atoms with Crippen molar-refractivity contribution in [3.63, 3.8) is 0 Å². The summed E-state index contributed by atoms with van der Waals surface area (Å²) in [6.07, 6.45) is 1.57. The molecule has 0 aliphatic rings. The molecule has 0 atom stereocenters. The van der Waals surface area contributed by atoms with Gasteiger partial charge in [-0.05, 0) is 32.4 Å². The van der Waals surface area contributed by atoms with Gasteiger partial charge in [-0.15, -0.1) is 0 Å². The summed E-state index contributed by atoms with van der Waals surface area (Å²) in [7, 11) is 0. The Morgan fingerprint density at radius 1 is 1.40 bits per heavy atom. The molecule has 2 aromatic heterocycles. The second-order valence-corrected chi connectivity index (χ2v) is 4.88. The molecule has 0 fully saturated rings. The molecule has 106 valence electrons. The van der Waals surface area contributed by atoms with Gasteiger partial charge in [0.1, 0.15) is 0 Å². The minimum Gasteiger partial charge on any atom is -0.271 e. The molecule has 6 nitrogen and oxygen atoms in total. The van der Waals surface area contributed by atoms with E-state index >= 15 is 0 Å². The van der Waals surface area contributed by atoms with Crippen LogP contribution in [0.2, 0.25) is 5.02 Å². The average Bonchev–Trinajstić information content (AvgIpc) is 2.75. The van der Waals surface area contributed by atoms with E-state index in [0.29, 0.717) is 12.2 Å². The summed E-state index contributed by atoms with van der Waals surface area (Å²) in [5, 5.41) is 4.31. The molecule has 0 bridgehead atoms. The van der Waals surface area contributed by atoms with Gasteiger partial charge in [0, 0.05) is 24.5 Å². The molecule has 0 saturated heterocycles. The molecule has 1 N–H and O–H groups in total. The van der Waals surface area contributed by atoms with Crippen LogP contribution in [0.15, 0.2) is 23.1 Å². The fourth-order valence-corrected chi connectivity index (χ4v) is 2.12. The van der Waals surface area contributed by atoms with Crippen LogP contribution in [-0.2, 0) is 6.54 Å². The smallest absolute Gasteiger partial charge is 0.271 e. The van der Waals surface area contributed by atoms with Crippen molar-refractivity contribution in [1.29, 1.82) is 0 Å². The number of pyridine rings is 1. The Hall–Kier alpha value is -2.08. The van der Waals surface area contributed by atoms with Crippen molar-refractivity contribution in [2.45, 2.75) is 27.3 Å². The number of halogens is 1. The lowest BCUT2D eigenvalue weighted by molar-refractivity contribution is 0.100. The Morgan fingerprint density at radius 2 is 2.10 bits per heavy atom. The summed E-state index contributed by atoms with van der Waals surface area (Å²) in [4.78, 5) is 24.0. The summed E-state index contributed by atoms with van der Waals surface area (Å²) in [5.74, 6) is -0.517. The van der Waals surface area contributed by atoms with E-state index in [-0.39, 0.29) is 16.3 Å². The minimum atomic E-state index is -0.517. The highest BCUT2D eigenvalue weighted by atomic mass is 35.5. The van der Waals surface area contributed by atoms with Gasteiger partial charge in [0.25, 0.3) is 11.5 Å². The summed E-state index contributed by atoms with van der Waals surface area (Å²) < 4.78 is 2.73. The van der Waals surface area contributed by atoms with E-state index in [0.717, 1.165) is 5.56 Å². The van der Waals surface area contributed by atoms with Gasteiger partial charge in [-0.2, -0.15) is 5.10 Å². The minimum absolute atomic E-state index is 0.0976. The normalized spacial score (nSPS) is 10.6. The summed E-state index contributed by atoms with van der Waals surface area (Å²) in [6, 6.07) is 3.24. The molecule has 0 saturated carbocycles. The molecule has 0 radical (unpaired) electrons. The highest BCUT2D eigenvalue weighted by Gasteiger charge is 2.16. The molecule has 1 amide bonds. The van der Waals surface area contributed by atoms with Crippen LogP contribution in [-0.4, -0.2) is 20.4 Å². The molecular weight excluding hydrogens is 280 g/mol. The van der Waals surface area contributed by atoms with Gasteiger partial charge >= 0.3 is 0 Å². The second kappa shape index (κ2) is 5.50. The number of aromatic nitrogens is 3. The molecule has 2 heterocycles. The first-order valence-corrected chi connectivity index (χ1v) is 6.54. The zero-order valence-electron chi connectivity index (χ0n) is 11.5. The van der Waals surface area contributed by atoms with Crippen LogP contribution in [0, 0.1) is 13.8 Å². The number of hydrogen-bond acceptors (Lipinski definition) is 3. The highest BCUT2D eigenvalue weighted by molar-refractivity contribution is 6.33. The van der Waals surface area contributed by atoms with Crippen molar-refractivity contribution >= 4 is 17.5 Å².